The van der Waals surface area contributed by atoms with Crippen LogP contribution in [0.4, 0.5) is 0 Å². The molecule has 0 amide bonds. The van der Waals surface area contributed by atoms with Crippen molar-refractivity contribution < 1.29 is 4.52 Å². The molecule has 3 nitrogen and oxygen atoms in total. The Kier molecular flexibility index (Phi) is 3.02. The Morgan fingerprint density at radius 1 is 1.44 bits per heavy atom. The minimum absolute atomic E-state index is 0.592. The molecule has 80 valence electrons. The van der Waals surface area contributed by atoms with Crippen molar-refractivity contribution in [2.75, 3.05) is 0 Å². The van der Waals surface area contributed by atoms with Crippen LogP contribution in [0.2, 0.25) is 0 Å². The molecule has 2 aromatic rings. The normalized spacial score (nSPS) is 10.0. The topological polar surface area (TPSA) is 38.9 Å². The van der Waals surface area contributed by atoms with E-state index in [4.69, 9.17) is 10.9 Å². The molecule has 0 bridgehead atoms. The smallest absolute Gasteiger partial charge is 0.227 e. The Labute approximate surface area is 94.5 Å². The number of benzene rings is 1. The zero-order chi connectivity index (χ0) is 11.4. The van der Waals surface area contributed by atoms with Gasteiger partial charge in [0.05, 0.1) is 0 Å². The Morgan fingerprint density at radius 2 is 2.31 bits per heavy atom. The maximum atomic E-state index is 5.17. The summed E-state index contributed by atoms with van der Waals surface area (Å²) in [4.78, 5) is 4.29. The lowest BCUT2D eigenvalue weighted by atomic mass is 10.1. The molecule has 0 aliphatic rings. The molecule has 16 heavy (non-hydrogen) atoms. The van der Waals surface area contributed by atoms with Gasteiger partial charge < -0.3 is 4.52 Å². The molecular weight excluding hydrogens is 200 g/mol. The minimum atomic E-state index is 0.592. The third-order valence-electron chi connectivity index (χ3n) is 2.23. The molecule has 0 spiro atoms. The van der Waals surface area contributed by atoms with Crippen LogP contribution in [0.5, 0.6) is 0 Å². The molecule has 0 aliphatic carbocycles. The zero-order valence-corrected chi connectivity index (χ0v) is 9.10. The molecule has 0 saturated carbocycles. The van der Waals surface area contributed by atoms with E-state index in [2.05, 4.69) is 16.1 Å². The van der Waals surface area contributed by atoms with Gasteiger partial charge in [0.25, 0.3) is 0 Å². The first kappa shape index (κ1) is 10.4. The number of hydrogen-bond donors (Lipinski definition) is 0. The van der Waals surface area contributed by atoms with Crippen molar-refractivity contribution in [1.82, 2.24) is 10.1 Å². The van der Waals surface area contributed by atoms with Crippen LogP contribution in [0.25, 0.3) is 11.4 Å². The molecule has 0 atom stereocenters. The van der Waals surface area contributed by atoms with E-state index in [1.54, 1.807) is 0 Å². The maximum Gasteiger partial charge on any atom is 0.227 e. The van der Waals surface area contributed by atoms with Gasteiger partial charge in [-0.1, -0.05) is 28.9 Å². The lowest BCUT2D eigenvalue weighted by Crippen LogP contribution is -1.84. The molecule has 3 heteroatoms. The van der Waals surface area contributed by atoms with Crippen LogP contribution < -0.4 is 0 Å². The van der Waals surface area contributed by atoms with Gasteiger partial charge in [-0.2, -0.15) is 4.98 Å². The summed E-state index contributed by atoms with van der Waals surface area (Å²) in [7, 11) is 0. The first-order valence-corrected chi connectivity index (χ1v) is 5.12. The van der Waals surface area contributed by atoms with Crippen LogP contribution >= 0.6 is 0 Å². The van der Waals surface area contributed by atoms with E-state index in [1.807, 2.05) is 31.2 Å². The van der Waals surface area contributed by atoms with Gasteiger partial charge in [-0.25, -0.2) is 0 Å². The summed E-state index contributed by atoms with van der Waals surface area (Å²) in [5.41, 5.74) is 2.14. The van der Waals surface area contributed by atoms with Crippen LogP contribution in [0.1, 0.15) is 17.9 Å². The van der Waals surface area contributed by atoms with Crippen LogP contribution in [-0.4, -0.2) is 10.1 Å². The molecule has 1 heterocycles. The lowest BCUT2D eigenvalue weighted by molar-refractivity contribution is 0.380. The van der Waals surface area contributed by atoms with Gasteiger partial charge in [-0.05, 0) is 13.0 Å². The molecular formula is C13H12N2O. The second-order valence-corrected chi connectivity index (χ2v) is 3.59. The number of rotatable bonds is 3. The van der Waals surface area contributed by atoms with E-state index in [-0.39, 0.29) is 0 Å². The number of aromatic nitrogens is 2. The van der Waals surface area contributed by atoms with Crippen molar-refractivity contribution in [3.8, 4) is 23.7 Å². The lowest BCUT2D eigenvalue weighted by Gasteiger charge is -1.94. The highest BCUT2D eigenvalue weighted by molar-refractivity contribution is 5.55. The van der Waals surface area contributed by atoms with Gasteiger partial charge in [0.2, 0.25) is 11.7 Å². The highest BCUT2D eigenvalue weighted by atomic mass is 16.5. The highest BCUT2D eigenvalue weighted by Crippen LogP contribution is 2.17. The summed E-state index contributed by atoms with van der Waals surface area (Å²) < 4.78 is 5.10. The van der Waals surface area contributed by atoms with E-state index in [0.29, 0.717) is 24.6 Å². The Hall–Kier alpha value is -2.08. The highest BCUT2D eigenvalue weighted by Gasteiger charge is 2.07. The minimum Gasteiger partial charge on any atom is -0.339 e. The molecule has 0 radical (unpaired) electrons. The second-order valence-electron chi connectivity index (χ2n) is 3.59. The number of hydrogen-bond acceptors (Lipinski definition) is 3. The van der Waals surface area contributed by atoms with Crippen molar-refractivity contribution in [1.29, 1.82) is 0 Å². The van der Waals surface area contributed by atoms with Crippen molar-refractivity contribution >= 4 is 0 Å². The summed E-state index contributed by atoms with van der Waals surface area (Å²) in [6.45, 7) is 2.03. The average molecular weight is 212 g/mol. The summed E-state index contributed by atoms with van der Waals surface area (Å²) >= 11 is 0. The molecule has 0 fully saturated rings. The molecule has 2 rings (SSSR count). The average Bonchev–Trinajstić information content (AvgIpc) is 2.75. The fourth-order valence-corrected chi connectivity index (χ4v) is 1.44. The van der Waals surface area contributed by atoms with Gasteiger partial charge in [-0.15, -0.1) is 12.3 Å². The van der Waals surface area contributed by atoms with E-state index in [0.717, 1.165) is 5.56 Å². The zero-order valence-electron chi connectivity index (χ0n) is 9.10. The first-order valence-electron chi connectivity index (χ1n) is 5.12. The van der Waals surface area contributed by atoms with E-state index in [9.17, 15) is 0 Å². The largest absolute Gasteiger partial charge is 0.339 e. The van der Waals surface area contributed by atoms with Crippen LogP contribution in [0.15, 0.2) is 28.8 Å². The second kappa shape index (κ2) is 4.63. The van der Waals surface area contributed by atoms with Crippen molar-refractivity contribution in [3.05, 3.63) is 35.7 Å². The number of aryl methyl sites for hydroxylation is 2. The molecule has 0 saturated heterocycles. The van der Waals surface area contributed by atoms with Gasteiger partial charge in [0.15, 0.2) is 0 Å². The molecule has 0 N–H and O–H groups in total. The Balaban J connectivity index is 2.22. The summed E-state index contributed by atoms with van der Waals surface area (Å²) in [5, 5.41) is 3.93. The van der Waals surface area contributed by atoms with Crippen LogP contribution in [0.3, 0.4) is 0 Å². The predicted molar refractivity (Wildman–Crippen MR) is 61.6 cm³/mol. The summed E-state index contributed by atoms with van der Waals surface area (Å²) in [6, 6.07) is 7.99. The van der Waals surface area contributed by atoms with E-state index >= 15 is 0 Å². The molecule has 0 aliphatic heterocycles. The van der Waals surface area contributed by atoms with Crippen molar-refractivity contribution in [2.24, 2.45) is 0 Å². The van der Waals surface area contributed by atoms with Gasteiger partial charge in [0, 0.05) is 18.4 Å². The maximum absolute atomic E-state index is 5.17. The monoisotopic (exact) mass is 212 g/mol. The summed E-state index contributed by atoms with van der Waals surface area (Å²) in [5.74, 6) is 3.76. The predicted octanol–water partition coefficient (Wildman–Crippen LogP) is 2.61. The first-order chi connectivity index (χ1) is 7.79. The molecule has 1 aromatic heterocycles. The Bertz CT molecular complexity index is 523. The Morgan fingerprint density at radius 3 is 3.06 bits per heavy atom. The fraction of sp³-hybridized carbons (Fsp3) is 0.231. The molecule has 0 unspecified atom stereocenters. The van der Waals surface area contributed by atoms with Gasteiger partial charge in [0.1, 0.15) is 0 Å². The standard InChI is InChI=1S/C13H12N2O/c1-3-4-8-12-14-13(15-16-12)11-7-5-6-10(2)9-11/h1,5-7,9H,4,8H2,2H3. The third kappa shape index (κ3) is 2.29. The number of terminal acetylenes is 1. The van der Waals surface area contributed by atoms with Crippen LogP contribution in [-0.2, 0) is 6.42 Å². The fourth-order valence-electron chi connectivity index (χ4n) is 1.44. The molecule has 1 aromatic carbocycles. The third-order valence-corrected chi connectivity index (χ3v) is 2.23. The summed E-state index contributed by atoms with van der Waals surface area (Å²) in [6.07, 6.45) is 6.43. The van der Waals surface area contributed by atoms with Crippen molar-refractivity contribution in [2.45, 2.75) is 19.8 Å². The van der Waals surface area contributed by atoms with Crippen LogP contribution in [0, 0.1) is 19.3 Å². The number of nitrogens with zero attached hydrogens (tertiary/aromatic N) is 2. The van der Waals surface area contributed by atoms with Gasteiger partial charge in [-0.3, -0.25) is 0 Å². The van der Waals surface area contributed by atoms with Crippen molar-refractivity contribution in [3.63, 3.8) is 0 Å². The van der Waals surface area contributed by atoms with Gasteiger partial charge >= 0.3 is 0 Å². The quantitative estimate of drug-likeness (QED) is 0.734. The van der Waals surface area contributed by atoms with E-state index in [1.165, 1.54) is 5.56 Å². The van der Waals surface area contributed by atoms with E-state index < -0.39 is 0 Å². The SMILES string of the molecule is C#CCCc1nc(-c2cccc(C)c2)no1.